The van der Waals surface area contributed by atoms with Crippen molar-refractivity contribution in [3.63, 3.8) is 0 Å². The summed E-state index contributed by atoms with van der Waals surface area (Å²) in [7, 11) is 0. The topological polar surface area (TPSA) is 3.24 Å². The molecule has 0 atom stereocenters. The van der Waals surface area contributed by atoms with E-state index in [4.69, 9.17) is 0 Å². The third-order valence-corrected chi connectivity index (χ3v) is 15.2. The molecule has 1 nitrogen and oxygen atoms in total. The lowest BCUT2D eigenvalue weighted by Gasteiger charge is -2.34. The number of fused-ring (bicyclic) bond motifs is 20. The van der Waals surface area contributed by atoms with Crippen molar-refractivity contribution in [1.82, 2.24) is 0 Å². The minimum absolute atomic E-state index is 0.348. The molecule has 2 aliphatic carbocycles. The zero-order valence-corrected chi connectivity index (χ0v) is 38.0. The van der Waals surface area contributed by atoms with E-state index in [2.05, 4.69) is 255 Å². The van der Waals surface area contributed by atoms with Crippen LogP contribution in [-0.4, -0.2) is 0 Å². The Kier molecular flexibility index (Phi) is 8.40. The predicted octanol–water partition coefficient (Wildman–Crippen LogP) is 18.7. The largest absolute Gasteiger partial charge is 0.309 e. The Morgan fingerprint density at radius 2 is 0.721 bits per heavy atom. The molecule has 0 saturated heterocycles. The molecule has 14 rings (SSSR count). The molecule has 0 aliphatic heterocycles. The Hall–Kier alpha value is -8.52. The number of anilines is 3. The molecule has 12 aromatic rings. The van der Waals surface area contributed by atoms with Gasteiger partial charge in [-0.25, -0.2) is 0 Å². The zero-order valence-electron chi connectivity index (χ0n) is 38.0. The van der Waals surface area contributed by atoms with Crippen LogP contribution in [0.25, 0.3) is 110 Å². The SMILES string of the molecule is CC1(C)c2cc(N(c3ccccc3-c3ccccc3)c3cccc4c3-c3ccccc3-c3ccccc3-c3ccccc3-4)c3ccccc3c2-c2ccc3c4ccccc4c4ccccc4c3c21. The summed E-state index contributed by atoms with van der Waals surface area (Å²) in [5, 5.41) is 10.4. The molecule has 0 bridgehead atoms. The third-order valence-electron chi connectivity index (χ3n) is 15.2. The molecule has 0 heterocycles. The molecule has 0 saturated carbocycles. The molecule has 0 fully saturated rings. The van der Waals surface area contributed by atoms with E-state index in [9.17, 15) is 0 Å². The predicted molar refractivity (Wildman–Crippen MR) is 289 cm³/mol. The zero-order chi connectivity index (χ0) is 45.1. The summed E-state index contributed by atoms with van der Waals surface area (Å²) in [6, 6.07) is 88.4. The maximum Gasteiger partial charge on any atom is 0.0547 e. The Balaban J connectivity index is 1.12. The van der Waals surface area contributed by atoms with Gasteiger partial charge in [0.1, 0.15) is 0 Å². The van der Waals surface area contributed by atoms with Crippen molar-refractivity contribution in [2.24, 2.45) is 0 Å². The van der Waals surface area contributed by atoms with Crippen molar-refractivity contribution in [3.8, 4) is 66.8 Å². The number of benzene rings is 12. The van der Waals surface area contributed by atoms with Crippen LogP contribution < -0.4 is 4.90 Å². The van der Waals surface area contributed by atoms with Crippen LogP contribution in [0.15, 0.2) is 237 Å². The lowest BCUT2D eigenvalue weighted by Crippen LogP contribution is -2.18. The van der Waals surface area contributed by atoms with Crippen LogP contribution in [0, 0.1) is 0 Å². The number of rotatable bonds is 4. The summed E-state index contributed by atoms with van der Waals surface area (Å²) >= 11 is 0. The summed E-state index contributed by atoms with van der Waals surface area (Å²) in [5.41, 5.74) is 20.6. The molecular weight excluding hydrogens is 819 g/mol. The maximum absolute atomic E-state index is 2.61. The highest BCUT2D eigenvalue weighted by atomic mass is 15.1. The summed E-state index contributed by atoms with van der Waals surface area (Å²) in [5.74, 6) is 0. The molecular formula is C67H45N. The van der Waals surface area contributed by atoms with Crippen molar-refractivity contribution >= 4 is 60.2 Å². The Bertz CT molecular complexity index is 4020. The third kappa shape index (κ3) is 5.45. The molecule has 0 aromatic heterocycles. The molecule has 0 N–H and O–H groups in total. The highest BCUT2D eigenvalue weighted by molar-refractivity contribution is 6.28. The monoisotopic (exact) mass is 863 g/mol. The second kappa shape index (κ2) is 14.7. The summed E-state index contributed by atoms with van der Waals surface area (Å²) < 4.78 is 0. The highest BCUT2D eigenvalue weighted by Gasteiger charge is 2.40. The smallest absolute Gasteiger partial charge is 0.0547 e. The minimum Gasteiger partial charge on any atom is -0.309 e. The number of nitrogens with zero attached hydrogens (tertiary/aromatic N) is 1. The second-order valence-corrected chi connectivity index (χ2v) is 19.0. The first kappa shape index (κ1) is 38.7. The first-order valence-corrected chi connectivity index (χ1v) is 23.9. The van der Waals surface area contributed by atoms with Crippen LogP contribution in [0.5, 0.6) is 0 Å². The lowest BCUT2D eigenvalue weighted by molar-refractivity contribution is 0.667. The van der Waals surface area contributed by atoms with Gasteiger partial charge in [0.2, 0.25) is 0 Å². The van der Waals surface area contributed by atoms with Gasteiger partial charge in [0.15, 0.2) is 0 Å². The fraction of sp³-hybridized carbons (Fsp3) is 0.0448. The van der Waals surface area contributed by atoms with E-state index in [-0.39, 0.29) is 5.41 Å². The molecule has 1 heteroatoms. The lowest BCUT2D eigenvalue weighted by atomic mass is 9.78. The number of para-hydroxylation sites is 1. The van der Waals surface area contributed by atoms with Gasteiger partial charge in [0.25, 0.3) is 0 Å². The van der Waals surface area contributed by atoms with E-state index >= 15 is 0 Å². The van der Waals surface area contributed by atoms with Crippen LogP contribution in [-0.2, 0) is 5.41 Å². The maximum atomic E-state index is 2.61. The van der Waals surface area contributed by atoms with E-state index in [0.717, 1.165) is 17.1 Å². The van der Waals surface area contributed by atoms with Gasteiger partial charge in [-0.05, 0) is 123 Å². The quantitative estimate of drug-likeness (QED) is 0.159. The Labute approximate surface area is 396 Å². The average Bonchev–Trinajstić information content (AvgIpc) is 3.64. The van der Waals surface area contributed by atoms with E-state index in [1.807, 2.05) is 0 Å². The van der Waals surface area contributed by atoms with Gasteiger partial charge in [-0.3, -0.25) is 0 Å². The molecule has 68 heavy (non-hydrogen) atoms. The fourth-order valence-electron chi connectivity index (χ4n) is 12.3. The molecule has 12 aromatic carbocycles. The standard InChI is InChI=1S/C67H45N/c1-67(2)59-41-62(52-32-14-17-35-56(52)63(59)58-40-39-57-51-31-11-9-27-47(51)50-30-13-16-34-55(50)65(57)66(58)67)68(60-37-19-18-23-43(60)42-21-4-3-5-22-42)61-38-20-36-54-49-28-10-8-26-46(49)44-24-6-7-25-45(44)48-29-12-15-33-53(48)64(54)61/h3-41H,1-2H3. The Morgan fingerprint density at radius 3 is 1.37 bits per heavy atom. The first-order chi connectivity index (χ1) is 33.6. The summed E-state index contributed by atoms with van der Waals surface area (Å²) in [6.45, 7) is 4.93. The van der Waals surface area contributed by atoms with Crippen LogP contribution >= 0.6 is 0 Å². The van der Waals surface area contributed by atoms with Crippen LogP contribution in [0.2, 0.25) is 0 Å². The first-order valence-electron chi connectivity index (χ1n) is 23.9. The van der Waals surface area contributed by atoms with Crippen molar-refractivity contribution < 1.29 is 0 Å². The van der Waals surface area contributed by atoms with Gasteiger partial charge >= 0.3 is 0 Å². The van der Waals surface area contributed by atoms with Crippen LogP contribution in [0.4, 0.5) is 17.1 Å². The minimum atomic E-state index is -0.348. The molecule has 0 unspecified atom stereocenters. The number of hydrogen-bond donors (Lipinski definition) is 0. The molecule has 0 spiro atoms. The molecule has 0 radical (unpaired) electrons. The van der Waals surface area contributed by atoms with Gasteiger partial charge in [-0.2, -0.15) is 0 Å². The van der Waals surface area contributed by atoms with E-state index in [1.54, 1.807) is 0 Å². The second-order valence-electron chi connectivity index (χ2n) is 19.0. The van der Waals surface area contributed by atoms with Crippen LogP contribution in [0.3, 0.4) is 0 Å². The molecule has 2 aliphatic rings. The number of hydrogen-bond acceptors (Lipinski definition) is 1. The molecule has 318 valence electrons. The van der Waals surface area contributed by atoms with Crippen LogP contribution in [0.1, 0.15) is 25.0 Å². The van der Waals surface area contributed by atoms with Gasteiger partial charge in [0.05, 0.1) is 17.1 Å². The fourth-order valence-corrected chi connectivity index (χ4v) is 12.3. The van der Waals surface area contributed by atoms with Crippen molar-refractivity contribution in [2.45, 2.75) is 19.3 Å². The van der Waals surface area contributed by atoms with E-state index in [1.165, 1.54) is 121 Å². The van der Waals surface area contributed by atoms with Crippen molar-refractivity contribution in [3.05, 3.63) is 248 Å². The highest BCUT2D eigenvalue weighted by Crippen LogP contribution is 2.59. The summed E-state index contributed by atoms with van der Waals surface area (Å²) in [4.78, 5) is 2.61. The van der Waals surface area contributed by atoms with Gasteiger partial charge < -0.3 is 4.90 Å². The molecule has 0 amide bonds. The van der Waals surface area contributed by atoms with E-state index < -0.39 is 0 Å². The summed E-state index contributed by atoms with van der Waals surface area (Å²) in [6.07, 6.45) is 0. The van der Waals surface area contributed by atoms with Crippen molar-refractivity contribution in [2.75, 3.05) is 4.90 Å². The van der Waals surface area contributed by atoms with Crippen molar-refractivity contribution in [1.29, 1.82) is 0 Å². The van der Waals surface area contributed by atoms with Gasteiger partial charge in [-0.1, -0.05) is 232 Å². The average molecular weight is 864 g/mol. The van der Waals surface area contributed by atoms with Gasteiger partial charge in [-0.15, -0.1) is 0 Å². The Morgan fingerprint density at radius 1 is 0.279 bits per heavy atom. The normalized spacial score (nSPS) is 13.0. The van der Waals surface area contributed by atoms with Gasteiger partial charge in [0, 0.05) is 21.9 Å². The van der Waals surface area contributed by atoms with E-state index in [0.29, 0.717) is 0 Å².